The van der Waals surface area contributed by atoms with E-state index in [9.17, 15) is 9.59 Å². The molecular formula is C18H22N4O2S. The van der Waals surface area contributed by atoms with Crippen molar-refractivity contribution in [2.75, 3.05) is 31.1 Å². The van der Waals surface area contributed by atoms with Crippen LogP contribution in [0.1, 0.15) is 19.3 Å². The second kappa shape index (κ2) is 8.31. The van der Waals surface area contributed by atoms with Crippen molar-refractivity contribution in [2.45, 2.75) is 19.3 Å². The Morgan fingerprint density at radius 1 is 1.16 bits per heavy atom. The summed E-state index contributed by atoms with van der Waals surface area (Å²) in [5.41, 5.74) is 0.643. The van der Waals surface area contributed by atoms with E-state index >= 15 is 0 Å². The number of para-hydroxylation sites is 1. The number of carbonyl (C=O) groups is 2. The number of thiocarbonyl (C=S) groups is 1. The molecule has 0 bridgehead atoms. The highest BCUT2D eigenvalue weighted by atomic mass is 32.1. The summed E-state index contributed by atoms with van der Waals surface area (Å²) in [5.74, 6) is -1.71. The van der Waals surface area contributed by atoms with Crippen molar-refractivity contribution >= 4 is 41.0 Å². The van der Waals surface area contributed by atoms with E-state index in [1.165, 1.54) is 30.4 Å². The minimum absolute atomic E-state index is 0.110. The molecule has 1 N–H and O–H groups in total. The van der Waals surface area contributed by atoms with Gasteiger partial charge in [-0.05, 0) is 50.3 Å². The molecule has 2 fully saturated rings. The smallest absolute Gasteiger partial charge is 0.251 e. The quantitative estimate of drug-likeness (QED) is 0.493. The summed E-state index contributed by atoms with van der Waals surface area (Å²) in [6.45, 7) is 3.66. The normalized spacial score (nSPS) is 22.5. The summed E-state index contributed by atoms with van der Waals surface area (Å²) in [6.07, 6.45) is 5.22. The van der Waals surface area contributed by atoms with Gasteiger partial charge in [-0.15, -0.1) is 0 Å². The van der Waals surface area contributed by atoms with Crippen LogP contribution in [0.4, 0.5) is 5.69 Å². The van der Waals surface area contributed by atoms with Gasteiger partial charge in [0.05, 0.1) is 12.2 Å². The molecule has 7 heteroatoms. The third-order valence-electron chi connectivity index (χ3n) is 4.47. The van der Waals surface area contributed by atoms with Crippen LogP contribution in [0.3, 0.4) is 0 Å². The number of amides is 2. The van der Waals surface area contributed by atoms with Crippen LogP contribution in [0.15, 0.2) is 35.3 Å². The van der Waals surface area contributed by atoms with Crippen LogP contribution in [0.5, 0.6) is 0 Å². The first-order valence-electron chi connectivity index (χ1n) is 8.63. The Morgan fingerprint density at radius 2 is 1.88 bits per heavy atom. The van der Waals surface area contributed by atoms with Crippen molar-refractivity contribution < 1.29 is 9.59 Å². The van der Waals surface area contributed by atoms with Gasteiger partial charge >= 0.3 is 0 Å². The lowest BCUT2D eigenvalue weighted by Crippen LogP contribution is -2.58. The van der Waals surface area contributed by atoms with E-state index in [0.717, 1.165) is 19.6 Å². The molecule has 2 heterocycles. The number of hydrogen-bond donors (Lipinski definition) is 1. The molecule has 2 aliphatic heterocycles. The van der Waals surface area contributed by atoms with Crippen LogP contribution in [0, 0.1) is 5.92 Å². The van der Waals surface area contributed by atoms with Crippen molar-refractivity contribution in [1.29, 1.82) is 0 Å². The first-order valence-corrected chi connectivity index (χ1v) is 9.04. The lowest BCUT2D eigenvalue weighted by atomic mass is 10.1. The predicted molar refractivity (Wildman–Crippen MR) is 102 cm³/mol. The van der Waals surface area contributed by atoms with Crippen LogP contribution in [0.2, 0.25) is 0 Å². The van der Waals surface area contributed by atoms with Gasteiger partial charge in [0.2, 0.25) is 5.91 Å². The maximum absolute atomic E-state index is 12.7. The number of piperidine rings is 1. The van der Waals surface area contributed by atoms with Gasteiger partial charge in [-0.1, -0.05) is 24.6 Å². The van der Waals surface area contributed by atoms with E-state index in [1.54, 1.807) is 12.1 Å². The number of carbonyl (C=O) groups excluding carboxylic acids is 2. The van der Waals surface area contributed by atoms with E-state index in [2.05, 4.69) is 15.2 Å². The molecule has 2 saturated heterocycles. The van der Waals surface area contributed by atoms with Gasteiger partial charge in [-0.3, -0.25) is 19.5 Å². The summed E-state index contributed by atoms with van der Waals surface area (Å²) in [5, 5.41) is 2.70. The molecule has 0 aromatic heterocycles. The summed E-state index contributed by atoms with van der Waals surface area (Å²) in [7, 11) is 0. The van der Waals surface area contributed by atoms with Crippen molar-refractivity contribution in [3.8, 4) is 0 Å². The topological polar surface area (TPSA) is 65.0 Å². The lowest BCUT2D eigenvalue weighted by molar-refractivity contribution is -0.130. The Labute approximate surface area is 152 Å². The third-order valence-corrected chi connectivity index (χ3v) is 4.75. The fourth-order valence-corrected chi connectivity index (χ4v) is 3.40. The summed E-state index contributed by atoms with van der Waals surface area (Å²) in [4.78, 5) is 32.9. The Balaban J connectivity index is 1.63. The van der Waals surface area contributed by atoms with E-state index in [1.807, 2.05) is 18.2 Å². The number of nitrogens with one attached hydrogen (secondary N) is 1. The SMILES string of the molecule is O=C1NC(=S)N(c2ccccc2)C(=O)[C@@H]1C=NCCN1CCCCC1. The highest BCUT2D eigenvalue weighted by Gasteiger charge is 2.38. The summed E-state index contributed by atoms with van der Waals surface area (Å²) >= 11 is 5.16. The number of aliphatic imine (C=N–C) groups is 1. The maximum Gasteiger partial charge on any atom is 0.251 e. The molecule has 132 valence electrons. The zero-order valence-corrected chi connectivity index (χ0v) is 14.9. The zero-order valence-electron chi connectivity index (χ0n) is 14.1. The molecule has 0 unspecified atom stereocenters. The number of hydrogen-bond acceptors (Lipinski definition) is 5. The lowest BCUT2D eigenvalue weighted by Gasteiger charge is -2.31. The average Bonchev–Trinajstić information content (AvgIpc) is 2.62. The van der Waals surface area contributed by atoms with Gasteiger partial charge < -0.3 is 10.2 Å². The van der Waals surface area contributed by atoms with Gasteiger partial charge in [0, 0.05) is 12.8 Å². The molecular weight excluding hydrogens is 336 g/mol. The minimum atomic E-state index is -0.937. The fourth-order valence-electron chi connectivity index (χ4n) is 3.11. The van der Waals surface area contributed by atoms with Crippen molar-refractivity contribution in [2.24, 2.45) is 10.9 Å². The molecule has 1 atom stereocenters. The summed E-state index contributed by atoms with van der Waals surface area (Å²) in [6, 6.07) is 9.07. The molecule has 2 amide bonds. The van der Waals surface area contributed by atoms with Crippen molar-refractivity contribution in [1.82, 2.24) is 10.2 Å². The first-order chi connectivity index (χ1) is 12.2. The predicted octanol–water partition coefficient (Wildman–Crippen LogP) is 1.61. The molecule has 1 aromatic carbocycles. The molecule has 6 nitrogen and oxygen atoms in total. The monoisotopic (exact) mass is 358 g/mol. The average molecular weight is 358 g/mol. The number of benzene rings is 1. The molecule has 25 heavy (non-hydrogen) atoms. The fraction of sp³-hybridized carbons (Fsp3) is 0.444. The van der Waals surface area contributed by atoms with Crippen molar-refractivity contribution in [3.05, 3.63) is 30.3 Å². The van der Waals surface area contributed by atoms with Crippen molar-refractivity contribution in [3.63, 3.8) is 0 Å². The van der Waals surface area contributed by atoms with E-state index in [-0.39, 0.29) is 11.0 Å². The maximum atomic E-state index is 12.7. The molecule has 2 aliphatic rings. The highest BCUT2D eigenvalue weighted by molar-refractivity contribution is 7.80. The van der Waals surface area contributed by atoms with E-state index in [0.29, 0.717) is 12.2 Å². The van der Waals surface area contributed by atoms with Crippen LogP contribution >= 0.6 is 12.2 Å². The van der Waals surface area contributed by atoms with Gasteiger partial charge in [-0.2, -0.15) is 0 Å². The van der Waals surface area contributed by atoms with Crippen LogP contribution in [-0.2, 0) is 9.59 Å². The highest BCUT2D eigenvalue weighted by Crippen LogP contribution is 2.19. The molecule has 0 spiro atoms. The van der Waals surface area contributed by atoms with Crippen LogP contribution in [0.25, 0.3) is 0 Å². The van der Waals surface area contributed by atoms with E-state index in [4.69, 9.17) is 12.2 Å². The second-order valence-corrected chi connectivity index (χ2v) is 6.63. The number of likely N-dealkylation sites (tertiary alicyclic amines) is 1. The van der Waals surface area contributed by atoms with Crippen LogP contribution < -0.4 is 10.2 Å². The Hall–Kier alpha value is -2.12. The molecule has 0 saturated carbocycles. The largest absolute Gasteiger partial charge is 0.302 e. The van der Waals surface area contributed by atoms with E-state index < -0.39 is 11.8 Å². The Kier molecular flexibility index (Phi) is 5.88. The van der Waals surface area contributed by atoms with Gasteiger partial charge in [0.1, 0.15) is 0 Å². The minimum Gasteiger partial charge on any atom is -0.302 e. The zero-order chi connectivity index (χ0) is 17.6. The second-order valence-electron chi connectivity index (χ2n) is 6.24. The Bertz CT molecular complexity index is 671. The third kappa shape index (κ3) is 4.29. The molecule has 3 rings (SSSR count). The Morgan fingerprint density at radius 3 is 2.60 bits per heavy atom. The molecule has 0 aliphatic carbocycles. The van der Waals surface area contributed by atoms with Crippen LogP contribution in [-0.4, -0.2) is 54.2 Å². The number of nitrogens with zero attached hydrogens (tertiary/aromatic N) is 3. The van der Waals surface area contributed by atoms with Gasteiger partial charge in [-0.25, -0.2) is 0 Å². The molecule has 1 aromatic rings. The molecule has 0 radical (unpaired) electrons. The van der Waals surface area contributed by atoms with Gasteiger partial charge in [0.25, 0.3) is 5.91 Å². The standard InChI is InChI=1S/C18H22N4O2S/c23-16-15(13-19-9-12-21-10-5-2-6-11-21)17(24)22(18(25)20-16)14-7-3-1-4-8-14/h1,3-4,7-8,13,15H,2,5-6,9-12H2,(H,20,23,25)/t15-/m1/s1. The summed E-state index contributed by atoms with van der Waals surface area (Å²) < 4.78 is 0. The van der Waals surface area contributed by atoms with Gasteiger partial charge in [0.15, 0.2) is 11.0 Å². The number of anilines is 1. The number of rotatable bonds is 5. The first kappa shape index (κ1) is 17.7.